The third kappa shape index (κ3) is 3.82. The number of ether oxygens (including phenoxy) is 1. The second-order valence-electron chi connectivity index (χ2n) is 2.38. The van der Waals surface area contributed by atoms with Crippen LogP contribution in [0.5, 0.6) is 0 Å². The Morgan fingerprint density at radius 2 is 1.90 bits per heavy atom. The number of hydrogen-bond donors (Lipinski definition) is 2. The van der Waals surface area contributed by atoms with E-state index in [0.717, 1.165) is 6.42 Å². The van der Waals surface area contributed by atoms with Gasteiger partial charge in [0.25, 0.3) is 0 Å². The Bertz CT molecular complexity index is 65.3. The fourth-order valence-electron chi connectivity index (χ4n) is 0.770. The quantitative estimate of drug-likeness (QED) is 0.583. The molecule has 0 aromatic rings. The number of rotatable bonds is 5. The molecule has 0 saturated carbocycles. The Morgan fingerprint density at radius 1 is 1.30 bits per heavy atom. The van der Waals surface area contributed by atoms with Crippen LogP contribution < -0.4 is 0 Å². The third-order valence-electron chi connectivity index (χ3n) is 1.37. The molecule has 0 radical (unpaired) electrons. The van der Waals surface area contributed by atoms with Crippen molar-refractivity contribution in [2.75, 3.05) is 13.7 Å². The van der Waals surface area contributed by atoms with E-state index in [1.165, 1.54) is 7.11 Å². The number of hydrogen-bond acceptors (Lipinski definition) is 3. The van der Waals surface area contributed by atoms with Gasteiger partial charge in [0.2, 0.25) is 0 Å². The second kappa shape index (κ2) is 5.65. The minimum Gasteiger partial charge on any atom is -0.390 e. The molecule has 0 aliphatic heterocycles. The molecule has 0 unspecified atom stereocenters. The average Bonchev–Trinajstić information content (AvgIpc) is 1.89. The highest BCUT2D eigenvalue weighted by atomic mass is 16.5. The first kappa shape index (κ1) is 9.88. The van der Waals surface area contributed by atoms with Gasteiger partial charge in [-0.25, -0.2) is 0 Å². The van der Waals surface area contributed by atoms with E-state index in [9.17, 15) is 0 Å². The predicted molar refractivity (Wildman–Crippen MR) is 38.8 cm³/mol. The van der Waals surface area contributed by atoms with Crippen LogP contribution in [0.2, 0.25) is 0 Å². The molecule has 0 aliphatic carbocycles. The Balaban J connectivity index is 3.38. The monoisotopic (exact) mass is 148 g/mol. The van der Waals surface area contributed by atoms with Crippen LogP contribution in [0.1, 0.15) is 19.8 Å². The van der Waals surface area contributed by atoms with Gasteiger partial charge < -0.3 is 14.9 Å². The zero-order valence-electron chi connectivity index (χ0n) is 6.58. The van der Waals surface area contributed by atoms with E-state index in [1.807, 2.05) is 6.92 Å². The second-order valence-corrected chi connectivity index (χ2v) is 2.38. The molecule has 0 spiro atoms. The molecule has 2 atom stereocenters. The van der Waals surface area contributed by atoms with E-state index in [4.69, 9.17) is 10.2 Å². The first-order chi connectivity index (χ1) is 4.72. The average molecular weight is 148 g/mol. The van der Waals surface area contributed by atoms with E-state index in [2.05, 4.69) is 4.74 Å². The van der Waals surface area contributed by atoms with Crippen LogP contribution in [0.3, 0.4) is 0 Å². The van der Waals surface area contributed by atoms with Gasteiger partial charge in [0.05, 0.1) is 12.7 Å². The number of aliphatic hydroxyl groups is 2. The van der Waals surface area contributed by atoms with Crippen molar-refractivity contribution in [1.29, 1.82) is 0 Å². The molecule has 0 aromatic carbocycles. The van der Waals surface area contributed by atoms with Crippen molar-refractivity contribution < 1.29 is 14.9 Å². The topological polar surface area (TPSA) is 49.7 Å². The van der Waals surface area contributed by atoms with Crippen molar-refractivity contribution in [3.8, 4) is 0 Å². The van der Waals surface area contributed by atoms with Gasteiger partial charge in [-0.05, 0) is 6.42 Å². The predicted octanol–water partition coefficient (Wildman–Crippen LogP) is 0.155. The zero-order valence-corrected chi connectivity index (χ0v) is 6.58. The van der Waals surface area contributed by atoms with Crippen molar-refractivity contribution >= 4 is 0 Å². The van der Waals surface area contributed by atoms with Gasteiger partial charge in [-0.3, -0.25) is 0 Å². The van der Waals surface area contributed by atoms with E-state index in [0.29, 0.717) is 6.42 Å². The number of aliphatic hydroxyl groups excluding tert-OH is 2. The summed E-state index contributed by atoms with van der Waals surface area (Å²) in [5.74, 6) is 0. The molecule has 3 nitrogen and oxygen atoms in total. The molecule has 0 rings (SSSR count). The minimum absolute atomic E-state index is 0.209. The lowest BCUT2D eigenvalue weighted by molar-refractivity contribution is -0.0292. The molecule has 0 bridgehead atoms. The summed E-state index contributed by atoms with van der Waals surface area (Å²) >= 11 is 0. The van der Waals surface area contributed by atoms with Gasteiger partial charge in [-0.1, -0.05) is 13.3 Å². The Kier molecular flexibility index (Phi) is 5.58. The van der Waals surface area contributed by atoms with Crippen LogP contribution in [-0.4, -0.2) is 36.1 Å². The lowest BCUT2D eigenvalue weighted by Crippen LogP contribution is -2.29. The molecule has 10 heavy (non-hydrogen) atoms. The van der Waals surface area contributed by atoms with Crippen LogP contribution in [-0.2, 0) is 4.74 Å². The van der Waals surface area contributed by atoms with Crippen LogP contribution in [0, 0.1) is 0 Å². The SMILES string of the molecule is CCC[C@@H](O)[C@H](O)COC. The summed E-state index contributed by atoms with van der Waals surface area (Å²) in [6, 6.07) is 0. The molecule has 0 aliphatic rings. The van der Waals surface area contributed by atoms with E-state index < -0.39 is 12.2 Å². The molecule has 0 saturated heterocycles. The Hall–Kier alpha value is -0.120. The summed E-state index contributed by atoms with van der Waals surface area (Å²) in [5, 5.41) is 18.2. The van der Waals surface area contributed by atoms with Crippen molar-refractivity contribution in [2.45, 2.75) is 32.0 Å². The molecular weight excluding hydrogens is 132 g/mol. The minimum atomic E-state index is -0.732. The summed E-state index contributed by atoms with van der Waals surface area (Å²) in [6.07, 6.45) is 0.141. The van der Waals surface area contributed by atoms with Gasteiger partial charge in [0.15, 0.2) is 0 Å². The first-order valence-electron chi connectivity index (χ1n) is 3.57. The summed E-state index contributed by atoms with van der Waals surface area (Å²) in [5.41, 5.74) is 0. The maximum atomic E-state index is 9.12. The van der Waals surface area contributed by atoms with Crippen molar-refractivity contribution in [2.24, 2.45) is 0 Å². The summed E-state index contributed by atoms with van der Waals surface area (Å²) < 4.78 is 4.66. The molecule has 0 fully saturated rings. The summed E-state index contributed by atoms with van der Waals surface area (Å²) in [6.45, 7) is 2.17. The van der Waals surface area contributed by atoms with E-state index >= 15 is 0 Å². The maximum Gasteiger partial charge on any atom is 0.103 e. The summed E-state index contributed by atoms with van der Waals surface area (Å²) in [4.78, 5) is 0. The van der Waals surface area contributed by atoms with Crippen molar-refractivity contribution in [3.63, 3.8) is 0 Å². The van der Waals surface area contributed by atoms with Gasteiger partial charge in [0.1, 0.15) is 6.10 Å². The van der Waals surface area contributed by atoms with E-state index in [1.54, 1.807) is 0 Å². The van der Waals surface area contributed by atoms with Crippen LogP contribution >= 0.6 is 0 Å². The largest absolute Gasteiger partial charge is 0.390 e. The molecule has 0 heterocycles. The van der Waals surface area contributed by atoms with Gasteiger partial charge in [0, 0.05) is 7.11 Å². The van der Waals surface area contributed by atoms with Crippen LogP contribution in [0.15, 0.2) is 0 Å². The van der Waals surface area contributed by atoms with Gasteiger partial charge in [-0.15, -0.1) is 0 Å². The molecule has 2 N–H and O–H groups in total. The van der Waals surface area contributed by atoms with Gasteiger partial charge in [-0.2, -0.15) is 0 Å². The maximum absolute atomic E-state index is 9.12. The zero-order chi connectivity index (χ0) is 7.98. The lowest BCUT2D eigenvalue weighted by atomic mass is 10.1. The molecule has 0 aromatic heterocycles. The Morgan fingerprint density at radius 3 is 2.30 bits per heavy atom. The molecule has 0 amide bonds. The summed E-state index contributed by atoms with van der Waals surface area (Å²) in [7, 11) is 1.50. The normalized spacial score (nSPS) is 16.8. The Labute approximate surface area is 61.6 Å². The van der Waals surface area contributed by atoms with Crippen molar-refractivity contribution in [3.05, 3.63) is 0 Å². The smallest absolute Gasteiger partial charge is 0.103 e. The lowest BCUT2D eigenvalue weighted by Gasteiger charge is -2.15. The first-order valence-corrected chi connectivity index (χ1v) is 3.57. The van der Waals surface area contributed by atoms with E-state index in [-0.39, 0.29) is 6.61 Å². The standard InChI is InChI=1S/C7H16O3/c1-3-4-6(8)7(9)5-10-2/h6-9H,3-5H2,1-2H3/t6-,7-/m1/s1. The highest BCUT2D eigenvalue weighted by Crippen LogP contribution is 2.01. The van der Waals surface area contributed by atoms with Crippen molar-refractivity contribution in [1.82, 2.24) is 0 Å². The highest BCUT2D eigenvalue weighted by Gasteiger charge is 2.13. The fourth-order valence-corrected chi connectivity index (χ4v) is 0.770. The third-order valence-corrected chi connectivity index (χ3v) is 1.37. The fraction of sp³-hybridized carbons (Fsp3) is 1.00. The molecular formula is C7H16O3. The van der Waals surface area contributed by atoms with Gasteiger partial charge >= 0.3 is 0 Å². The van der Waals surface area contributed by atoms with Crippen LogP contribution in [0.4, 0.5) is 0 Å². The molecule has 62 valence electrons. The number of methoxy groups -OCH3 is 1. The highest BCUT2D eigenvalue weighted by molar-refractivity contribution is 4.64. The van der Waals surface area contributed by atoms with Crippen LogP contribution in [0.25, 0.3) is 0 Å². The molecule has 3 heteroatoms.